The van der Waals surface area contributed by atoms with Crippen LogP contribution in [0.1, 0.15) is 18.9 Å². The fourth-order valence-corrected chi connectivity index (χ4v) is 2.01. The second-order valence-electron chi connectivity index (χ2n) is 4.34. The van der Waals surface area contributed by atoms with E-state index in [0.29, 0.717) is 6.04 Å². The summed E-state index contributed by atoms with van der Waals surface area (Å²) < 4.78 is 1.97. The van der Waals surface area contributed by atoms with Crippen molar-refractivity contribution in [3.63, 3.8) is 0 Å². The number of nitrogens with two attached hydrogens (primary N) is 1. The van der Waals surface area contributed by atoms with Crippen LogP contribution in [0, 0.1) is 0 Å². The summed E-state index contributed by atoms with van der Waals surface area (Å²) >= 11 is 0. The van der Waals surface area contributed by atoms with Gasteiger partial charge in [-0.15, -0.1) is 0 Å². The number of rotatable bonds is 2. The van der Waals surface area contributed by atoms with Gasteiger partial charge >= 0.3 is 0 Å². The minimum absolute atomic E-state index is 0.174. The third-order valence-corrected chi connectivity index (χ3v) is 3.06. The van der Waals surface area contributed by atoms with E-state index in [1.54, 1.807) is 6.20 Å². The molecule has 0 aromatic carbocycles. The third kappa shape index (κ3) is 2.91. The number of nitrogens with zero attached hydrogens (tertiary/aromatic N) is 5. The molecule has 0 bridgehead atoms. The molecule has 0 radical (unpaired) electrons. The van der Waals surface area contributed by atoms with Crippen molar-refractivity contribution in [2.45, 2.75) is 18.9 Å². The van der Waals surface area contributed by atoms with Crippen LogP contribution in [0.25, 0.3) is 0 Å². The number of piperidine rings is 1. The number of likely N-dealkylation sites (tertiary alicyclic amines) is 1. The van der Waals surface area contributed by atoms with Crippen LogP contribution in [0.15, 0.2) is 22.4 Å². The maximum Gasteiger partial charge on any atom is 0.220 e. The average Bonchev–Trinajstić information content (AvgIpc) is 2.78. The van der Waals surface area contributed by atoms with Gasteiger partial charge in [-0.3, -0.25) is 4.68 Å². The molecule has 2 rings (SSSR count). The lowest BCUT2D eigenvalue weighted by Crippen LogP contribution is -2.31. The van der Waals surface area contributed by atoms with Gasteiger partial charge in [-0.25, -0.2) is 9.98 Å². The van der Waals surface area contributed by atoms with E-state index in [2.05, 4.69) is 33.7 Å². The van der Waals surface area contributed by atoms with Crippen LogP contribution in [0.3, 0.4) is 0 Å². The van der Waals surface area contributed by atoms with Crippen molar-refractivity contribution in [3.8, 4) is 0 Å². The van der Waals surface area contributed by atoms with Crippen molar-refractivity contribution < 1.29 is 0 Å². The fourth-order valence-electron chi connectivity index (χ4n) is 2.01. The smallest absolute Gasteiger partial charge is 0.220 e. The molecule has 0 unspecified atom stereocenters. The molecule has 0 spiro atoms. The average molecular weight is 234 g/mol. The van der Waals surface area contributed by atoms with E-state index in [-0.39, 0.29) is 5.96 Å². The van der Waals surface area contributed by atoms with Gasteiger partial charge in [0.1, 0.15) is 5.69 Å². The summed E-state index contributed by atoms with van der Waals surface area (Å²) in [5.41, 5.74) is 6.22. The predicted octanol–water partition coefficient (Wildman–Crippen LogP) is 0.797. The standard InChI is InChI=1S/C11H18N6/c1-13-11(12)15-9-7-14-17(8-9)10-3-5-16(2)6-4-10/h7-8,10H,1,3-6H2,2H3,(H2,12,15). The van der Waals surface area contributed by atoms with Crippen molar-refractivity contribution in [2.24, 2.45) is 15.7 Å². The second-order valence-corrected chi connectivity index (χ2v) is 4.34. The third-order valence-electron chi connectivity index (χ3n) is 3.06. The summed E-state index contributed by atoms with van der Waals surface area (Å²) in [5.74, 6) is 0.174. The van der Waals surface area contributed by atoms with Gasteiger partial charge in [0, 0.05) is 0 Å². The minimum atomic E-state index is 0.174. The SMILES string of the molecule is C=NC(N)=Nc1cnn(C2CCN(C)CC2)c1. The van der Waals surface area contributed by atoms with Crippen molar-refractivity contribution in [2.75, 3.05) is 20.1 Å². The van der Waals surface area contributed by atoms with Crippen molar-refractivity contribution >= 4 is 18.4 Å². The van der Waals surface area contributed by atoms with E-state index in [9.17, 15) is 0 Å². The lowest BCUT2D eigenvalue weighted by atomic mass is 10.1. The number of hydrogen-bond donors (Lipinski definition) is 1. The molecular formula is C11H18N6. The Morgan fingerprint density at radius 1 is 1.53 bits per heavy atom. The maximum atomic E-state index is 5.49. The number of aromatic nitrogens is 2. The summed E-state index contributed by atoms with van der Waals surface area (Å²) in [4.78, 5) is 9.96. The highest BCUT2D eigenvalue weighted by atomic mass is 15.3. The molecule has 92 valence electrons. The first kappa shape index (κ1) is 11.8. The molecule has 2 N–H and O–H groups in total. The Balaban J connectivity index is 2.05. The van der Waals surface area contributed by atoms with Gasteiger partial charge in [0.15, 0.2) is 0 Å². The summed E-state index contributed by atoms with van der Waals surface area (Å²) in [6.45, 7) is 5.54. The molecule has 1 aliphatic heterocycles. The quantitative estimate of drug-likeness (QED) is 0.607. The first-order valence-electron chi connectivity index (χ1n) is 5.72. The van der Waals surface area contributed by atoms with Crippen molar-refractivity contribution in [1.82, 2.24) is 14.7 Å². The zero-order valence-electron chi connectivity index (χ0n) is 10.1. The summed E-state index contributed by atoms with van der Waals surface area (Å²) in [5, 5.41) is 4.33. The van der Waals surface area contributed by atoms with E-state index >= 15 is 0 Å². The summed E-state index contributed by atoms with van der Waals surface area (Å²) in [6, 6.07) is 0.466. The molecule has 0 atom stereocenters. The fraction of sp³-hybridized carbons (Fsp3) is 0.545. The van der Waals surface area contributed by atoms with E-state index in [1.807, 2.05) is 10.9 Å². The molecule has 1 aromatic heterocycles. The Morgan fingerprint density at radius 2 is 2.24 bits per heavy atom. The molecular weight excluding hydrogens is 216 g/mol. The molecule has 1 fully saturated rings. The Hall–Kier alpha value is -1.69. The second kappa shape index (κ2) is 5.09. The van der Waals surface area contributed by atoms with Gasteiger partial charge < -0.3 is 10.6 Å². The summed E-state index contributed by atoms with van der Waals surface area (Å²) in [6.07, 6.45) is 5.86. The van der Waals surface area contributed by atoms with Crippen LogP contribution in [-0.2, 0) is 0 Å². The molecule has 6 heteroatoms. The minimum Gasteiger partial charge on any atom is -0.368 e. The maximum absolute atomic E-state index is 5.49. The zero-order chi connectivity index (χ0) is 12.3. The highest BCUT2D eigenvalue weighted by molar-refractivity contribution is 5.84. The van der Waals surface area contributed by atoms with E-state index in [0.717, 1.165) is 31.6 Å². The van der Waals surface area contributed by atoms with Gasteiger partial charge in [-0.1, -0.05) is 0 Å². The van der Waals surface area contributed by atoms with Crippen LogP contribution in [0.5, 0.6) is 0 Å². The molecule has 17 heavy (non-hydrogen) atoms. The van der Waals surface area contributed by atoms with Crippen molar-refractivity contribution in [1.29, 1.82) is 0 Å². The molecule has 1 saturated heterocycles. The van der Waals surface area contributed by atoms with Crippen LogP contribution in [-0.4, -0.2) is 47.5 Å². The molecule has 1 aromatic rings. The Labute approximate surface area is 101 Å². The first-order valence-corrected chi connectivity index (χ1v) is 5.72. The lowest BCUT2D eigenvalue weighted by molar-refractivity contribution is 0.212. The number of guanidine groups is 1. The molecule has 1 aliphatic rings. The predicted molar refractivity (Wildman–Crippen MR) is 68.8 cm³/mol. The summed E-state index contributed by atoms with van der Waals surface area (Å²) in [7, 11) is 2.14. The Kier molecular flexibility index (Phi) is 3.53. The topological polar surface area (TPSA) is 71.8 Å². The monoisotopic (exact) mass is 234 g/mol. The highest BCUT2D eigenvalue weighted by Crippen LogP contribution is 2.23. The molecule has 6 nitrogen and oxygen atoms in total. The van der Waals surface area contributed by atoms with Gasteiger partial charge in [-0.2, -0.15) is 5.10 Å². The lowest BCUT2D eigenvalue weighted by Gasteiger charge is -2.28. The van der Waals surface area contributed by atoms with Gasteiger partial charge in [0.2, 0.25) is 5.96 Å². The molecule has 0 amide bonds. The van der Waals surface area contributed by atoms with Crippen molar-refractivity contribution in [3.05, 3.63) is 12.4 Å². The van der Waals surface area contributed by atoms with Gasteiger partial charge in [0.05, 0.1) is 18.4 Å². The van der Waals surface area contributed by atoms with E-state index < -0.39 is 0 Å². The number of hydrogen-bond acceptors (Lipinski definition) is 3. The Morgan fingerprint density at radius 3 is 2.88 bits per heavy atom. The first-order chi connectivity index (χ1) is 8.19. The highest BCUT2D eigenvalue weighted by Gasteiger charge is 2.18. The van der Waals surface area contributed by atoms with Gasteiger partial charge in [-0.05, 0) is 39.7 Å². The van der Waals surface area contributed by atoms with Crippen LogP contribution in [0.2, 0.25) is 0 Å². The molecule has 2 heterocycles. The molecule has 0 saturated carbocycles. The normalized spacial score (nSPS) is 19.5. The largest absolute Gasteiger partial charge is 0.368 e. The van der Waals surface area contributed by atoms with Crippen LogP contribution >= 0.6 is 0 Å². The van der Waals surface area contributed by atoms with Crippen LogP contribution in [0.4, 0.5) is 5.69 Å². The zero-order valence-corrected chi connectivity index (χ0v) is 10.1. The van der Waals surface area contributed by atoms with E-state index in [1.165, 1.54) is 0 Å². The van der Waals surface area contributed by atoms with Gasteiger partial charge in [0.25, 0.3) is 0 Å². The Bertz CT molecular complexity index is 413. The van der Waals surface area contributed by atoms with E-state index in [4.69, 9.17) is 5.73 Å². The van der Waals surface area contributed by atoms with Crippen LogP contribution < -0.4 is 5.73 Å². The molecule has 0 aliphatic carbocycles. The number of aliphatic imine (C=N–C) groups is 2.